The first kappa shape index (κ1) is 14.8. The summed E-state index contributed by atoms with van der Waals surface area (Å²) in [7, 11) is 0. The second kappa shape index (κ2) is 5.43. The highest BCUT2D eigenvalue weighted by Gasteiger charge is 2.49. The van der Waals surface area contributed by atoms with Gasteiger partial charge in [0, 0.05) is 6.54 Å². The molecule has 1 aliphatic carbocycles. The Kier molecular flexibility index (Phi) is 4.24. The van der Waals surface area contributed by atoms with E-state index in [2.05, 4.69) is 44.8 Å². The Morgan fingerprint density at radius 3 is 2.53 bits per heavy atom. The van der Waals surface area contributed by atoms with Crippen molar-refractivity contribution < 1.29 is 4.79 Å². The van der Waals surface area contributed by atoms with Crippen molar-refractivity contribution in [2.75, 3.05) is 6.54 Å². The van der Waals surface area contributed by atoms with Gasteiger partial charge in [0.25, 0.3) is 0 Å². The number of hydrogen-bond acceptors (Lipinski definition) is 2. The van der Waals surface area contributed by atoms with Crippen LogP contribution < -0.4 is 5.32 Å². The first-order valence-electron chi connectivity index (χ1n) is 7.91. The summed E-state index contributed by atoms with van der Waals surface area (Å²) >= 11 is 0. The highest BCUT2D eigenvalue weighted by atomic mass is 16.2. The van der Waals surface area contributed by atoms with Crippen molar-refractivity contribution in [3.63, 3.8) is 0 Å². The van der Waals surface area contributed by atoms with Gasteiger partial charge in [-0.3, -0.25) is 10.1 Å². The van der Waals surface area contributed by atoms with Crippen LogP contribution in [0.4, 0.5) is 0 Å². The van der Waals surface area contributed by atoms with Crippen molar-refractivity contribution >= 4 is 5.91 Å². The molecule has 2 fully saturated rings. The van der Waals surface area contributed by atoms with Gasteiger partial charge in [0.15, 0.2) is 0 Å². The van der Waals surface area contributed by atoms with E-state index >= 15 is 0 Å². The fourth-order valence-corrected chi connectivity index (χ4v) is 3.23. The molecule has 0 aromatic rings. The van der Waals surface area contributed by atoms with Crippen LogP contribution in [0.15, 0.2) is 0 Å². The summed E-state index contributed by atoms with van der Waals surface area (Å²) in [6, 6.07) is 0.0654. The molecule has 2 aliphatic rings. The van der Waals surface area contributed by atoms with E-state index in [0.29, 0.717) is 23.2 Å². The molecular weight excluding hydrogens is 236 g/mol. The van der Waals surface area contributed by atoms with E-state index in [4.69, 9.17) is 0 Å². The lowest BCUT2D eigenvalue weighted by molar-refractivity contribution is -0.130. The maximum atomic E-state index is 12.5. The van der Waals surface area contributed by atoms with Crippen molar-refractivity contribution in [2.24, 2.45) is 17.3 Å². The van der Waals surface area contributed by atoms with E-state index in [9.17, 15) is 4.79 Å². The molecule has 0 radical (unpaired) electrons. The number of carbonyl (C=O) groups excluding carboxylic acids is 1. The van der Waals surface area contributed by atoms with Crippen molar-refractivity contribution in [1.82, 2.24) is 10.2 Å². The molecule has 0 bridgehead atoms. The topological polar surface area (TPSA) is 32.3 Å². The Hall–Kier alpha value is -0.570. The average Bonchev–Trinajstić information content (AvgIpc) is 2.80. The number of carbonyl (C=O) groups is 1. The zero-order valence-electron chi connectivity index (χ0n) is 13.2. The highest BCUT2D eigenvalue weighted by molar-refractivity contribution is 5.84. The lowest BCUT2D eigenvalue weighted by Crippen LogP contribution is -2.40. The molecule has 3 nitrogen and oxygen atoms in total. The van der Waals surface area contributed by atoms with E-state index in [-0.39, 0.29) is 12.2 Å². The molecule has 2 rings (SSSR count). The van der Waals surface area contributed by atoms with Gasteiger partial charge < -0.3 is 4.90 Å². The van der Waals surface area contributed by atoms with Crippen LogP contribution in [-0.4, -0.2) is 29.6 Å². The van der Waals surface area contributed by atoms with Crippen molar-refractivity contribution in [3.8, 4) is 0 Å². The lowest BCUT2D eigenvalue weighted by atomic mass is 10.1. The maximum Gasteiger partial charge on any atom is 0.241 e. The van der Waals surface area contributed by atoms with Crippen molar-refractivity contribution in [2.45, 2.75) is 72.5 Å². The molecular formula is C16H30N2O. The summed E-state index contributed by atoms with van der Waals surface area (Å²) in [5.74, 6) is 1.67. The molecule has 110 valence electrons. The molecule has 0 aromatic heterocycles. The molecule has 3 unspecified atom stereocenters. The normalized spacial score (nSPS) is 33.3. The van der Waals surface area contributed by atoms with Crippen LogP contribution in [0.3, 0.4) is 0 Å². The third-order valence-electron chi connectivity index (χ3n) is 4.76. The van der Waals surface area contributed by atoms with Gasteiger partial charge in [-0.2, -0.15) is 0 Å². The molecule has 1 N–H and O–H groups in total. The maximum absolute atomic E-state index is 12.5. The minimum atomic E-state index is 0.0654. The number of nitrogens with zero attached hydrogens (tertiary/aromatic N) is 1. The molecule has 1 saturated heterocycles. The Labute approximate surface area is 118 Å². The molecule has 1 aliphatic heterocycles. The lowest BCUT2D eigenvalue weighted by Gasteiger charge is -2.26. The monoisotopic (exact) mass is 266 g/mol. The van der Waals surface area contributed by atoms with Gasteiger partial charge in [-0.25, -0.2) is 0 Å². The van der Waals surface area contributed by atoms with Crippen LogP contribution >= 0.6 is 0 Å². The zero-order valence-corrected chi connectivity index (χ0v) is 13.2. The summed E-state index contributed by atoms with van der Waals surface area (Å²) in [5, 5.41) is 3.56. The van der Waals surface area contributed by atoms with Crippen molar-refractivity contribution in [3.05, 3.63) is 0 Å². The molecule has 1 heterocycles. The summed E-state index contributed by atoms with van der Waals surface area (Å²) in [5.41, 5.74) is 0.450. The smallest absolute Gasteiger partial charge is 0.241 e. The Morgan fingerprint density at radius 1 is 1.42 bits per heavy atom. The van der Waals surface area contributed by atoms with Crippen LogP contribution in [0.5, 0.6) is 0 Å². The highest BCUT2D eigenvalue weighted by Crippen LogP contribution is 2.52. The van der Waals surface area contributed by atoms with Crippen LogP contribution in [0.1, 0.15) is 60.3 Å². The van der Waals surface area contributed by atoms with Gasteiger partial charge in [-0.15, -0.1) is 0 Å². The SMILES string of the molecule is CCCC1NC(CC(C)C)N(CC2CC2(C)C)C1=O. The molecule has 1 amide bonds. The predicted molar refractivity (Wildman–Crippen MR) is 78.7 cm³/mol. The third kappa shape index (κ3) is 3.31. The molecule has 3 heteroatoms. The van der Waals surface area contributed by atoms with E-state index in [1.54, 1.807) is 0 Å². The first-order chi connectivity index (χ1) is 8.85. The Balaban J connectivity index is 2.00. The zero-order chi connectivity index (χ0) is 14.2. The fourth-order valence-electron chi connectivity index (χ4n) is 3.23. The van der Waals surface area contributed by atoms with Crippen molar-refractivity contribution in [1.29, 1.82) is 0 Å². The van der Waals surface area contributed by atoms with Gasteiger partial charge in [-0.05, 0) is 36.5 Å². The van der Waals surface area contributed by atoms with Crippen LogP contribution in [0.25, 0.3) is 0 Å². The Bertz CT molecular complexity index is 338. The summed E-state index contributed by atoms with van der Waals surface area (Å²) in [6.45, 7) is 12.2. The average molecular weight is 266 g/mol. The summed E-state index contributed by atoms with van der Waals surface area (Å²) in [4.78, 5) is 14.7. The minimum Gasteiger partial charge on any atom is -0.325 e. The number of nitrogens with one attached hydrogen (secondary N) is 1. The summed E-state index contributed by atoms with van der Waals surface area (Å²) in [6.07, 6.45) is 4.64. The van der Waals surface area contributed by atoms with E-state index in [0.717, 1.165) is 25.8 Å². The first-order valence-corrected chi connectivity index (χ1v) is 7.91. The van der Waals surface area contributed by atoms with E-state index in [1.807, 2.05) is 0 Å². The molecule has 0 aromatic carbocycles. The van der Waals surface area contributed by atoms with Gasteiger partial charge >= 0.3 is 0 Å². The molecule has 1 saturated carbocycles. The van der Waals surface area contributed by atoms with E-state index in [1.165, 1.54) is 6.42 Å². The second-order valence-corrected chi connectivity index (χ2v) is 7.53. The molecule has 3 atom stereocenters. The minimum absolute atomic E-state index is 0.0654. The van der Waals surface area contributed by atoms with Gasteiger partial charge in [0.2, 0.25) is 5.91 Å². The molecule has 19 heavy (non-hydrogen) atoms. The van der Waals surface area contributed by atoms with Crippen LogP contribution in [0, 0.1) is 17.3 Å². The predicted octanol–water partition coefficient (Wildman–Crippen LogP) is 3.01. The standard InChI is InChI=1S/C16H30N2O/c1-6-7-13-15(19)18(10-12-9-16(12,4)5)14(17-13)8-11(2)3/h11-14,17H,6-10H2,1-5H3. The van der Waals surface area contributed by atoms with Gasteiger partial charge in [0.05, 0.1) is 12.2 Å². The largest absolute Gasteiger partial charge is 0.325 e. The number of hydrogen-bond donors (Lipinski definition) is 1. The quantitative estimate of drug-likeness (QED) is 0.801. The van der Waals surface area contributed by atoms with Gasteiger partial charge in [-0.1, -0.05) is 41.0 Å². The fraction of sp³-hybridized carbons (Fsp3) is 0.938. The van der Waals surface area contributed by atoms with Crippen LogP contribution in [-0.2, 0) is 4.79 Å². The van der Waals surface area contributed by atoms with Gasteiger partial charge in [0.1, 0.15) is 0 Å². The number of rotatable bonds is 6. The van der Waals surface area contributed by atoms with E-state index < -0.39 is 0 Å². The second-order valence-electron chi connectivity index (χ2n) is 7.53. The van der Waals surface area contributed by atoms with Crippen LogP contribution in [0.2, 0.25) is 0 Å². The summed E-state index contributed by atoms with van der Waals surface area (Å²) < 4.78 is 0. The Morgan fingerprint density at radius 2 is 2.05 bits per heavy atom. The third-order valence-corrected chi connectivity index (χ3v) is 4.76. The molecule has 0 spiro atoms. The number of amides is 1.